The minimum absolute atomic E-state index is 0.243. The fourth-order valence-corrected chi connectivity index (χ4v) is 3.49. The van der Waals surface area contributed by atoms with Crippen molar-refractivity contribution in [3.63, 3.8) is 0 Å². The summed E-state index contributed by atoms with van der Waals surface area (Å²) in [6, 6.07) is 0.482. The molecule has 1 saturated carbocycles. The highest BCUT2D eigenvalue weighted by Crippen LogP contribution is 2.28. The largest absolute Gasteiger partial charge is 0.444 e. The molecular formula is C17H31N3O2. The summed E-state index contributed by atoms with van der Waals surface area (Å²) in [4.78, 5) is 18.5. The van der Waals surface area contributed by atoms with Gasteiger partial charge in [-0.1, -0.05) is 13.8 Å². The number of amides is 1. The molecule has 2 atom stereocenters. The van der Waals surface area contributed by atoms with Crippen LogP contribution >= 0.6 is 0 Å². The number of carbonyl (C=O) groups excluding carboxylic acids is 1. The van der Waals surface area contributed by atoms with Crippen molar-refractivity contribution in [3.8, 4) is 0 Å². The summed E-state index contributed by atoms with van der Waals surface area (Å²) in [5.41, 5.74) is -0.451. The number of nitrogens with one attached hydrogen (secondary N) is 1. The Balaban J connectivity index is 1.88. The summed E-state index contributed by atoms with van der Waals surface area (Å²) in [6.45, 7) is 12.2. The van der Waals surface area contributed by atoms with Crippen LogP contribution in [0.1, 0.15) is 53.9 Å². The molecule has 22 heavy (non-hydrogen) atoms. The second-order valence-electron chi connectivity index (χ2n) is 7.99. The summed E-state index contributed by atoms with van der Waals surface area (Å²) in [7, 11) is 0. The molecule has 0 saturated heterocycles. The molecule has 5 heteroatoms. The first-order chi connectivity index (χ1) is 10.2. The van der Waals surface area contributed by atoms with Gasteiger partial charge in [0.15, 0.2) is 0 Å². The maximum absolute atomic E-state index is 12.2. The van der Waals surface area contributed by atoms with Crippen LogP contribution in [0.15, 0.2) is 4.99 Å². The van der Waals surface area contributed by atoms with E-state index in [9.17, 15) is 4.79 Å². The van der Waals surface area contributed by atoms with Gasteiger partial charge in [0.25, 0.3) is 0 Å². The molecule has 0 bridgehead atoms. The number of aliphatic imine (C=N–C) groups is 1. The lowest BCUT2D eigenvalue weighted by molar-refractivity contribution is 0.0275. The molecule has 0 aromatic rings. The van der Waals surface area contributed by atoms with Gasteiger partial charge in [-0.15, -0.1) is 0 Å². The van der Waals surface area contributed by atoms with Crippen molar-refractivity contribution < 1.29 is 9.53 Å². The van der Waals surface area contributed by atoms with Crippen LogP contribution in [0, 0.1) is 11.8 Å². The van der Waals surface area contributed by atoms with Crippen LogP contribution in [0.3, 0.4) is 0 Å². The molecule has 126 valence electrons. The first-order valence-corrected chi connectivity index (χ1v) is 8.50. The first kappa shape index (κ1) is 17.1. The first-order valence-electron chi connectivity index (χ1n) is 8.50. The van der Waals surface area contributed by atoms with E-state index in [2.05, 4.69) is 24.2 Å². The molecule has 1 amide bonds. The van der Waals surface area contributed by atoms with E-state index in [-0.39, 0.29) is 6.09 Å². The maximum atomic E-state index is 12.2. The van der Waals surface area contributed by atoms with Crippen molar-refractivity contribution in [3.05, 3.63) is 0 Å². The number of ether oxygens (including phenoxy) is 1. The van der Waals surface area contributed by atoms with E-state index < -0.39 is 5.60 Å². The monoisotopic (exact) mass is 309 g/mol. The van der Waals surface area contributed by atoms with E-state index in [1.54, 1.807) is 4.90 Å². The van der Waals surface area contributed by atoms with Gasteiger partial charge in [0.1, 0.15) is 11.4 Å². The normalized spacial score (nSPS) is 29.8. The van der Waals surface area contributed by atoms with E-state index in [4.69, 9.17) is 4.74 Å². The molecule has 0 aromatic heterocycles. The third-order valence-corrected chi connectivity index (χ3v) is 4.21. The minimum Gasteiger partial charge on any atom is -0.444 e. The number of rotatable bonds is 1. The Morgan fingerprint density at radius 3 is 2.45 bits per heavy atom. The Morgan fingerprint density at radius 1 is 1.23 bits per heavy atom. The lowest BCUT2D eigenvalue weighted by atomic mass is 9.80. The molecule has 5 nitrogen and oxygen atoms in total. The molecule has 0 radical (unpaired) electrons. The SMILES string of the molecule is CC1CC(C)CC(NC2=NCCN(C(=O)OC(C)(C)C)C2)C1. The lowest BCUT2D eigenvalue weighted by Crippen LogP contribution is -2.50. The molecule has 1 fully saturated rings. The third kappa shape index (κ3) is 5.18. The Hall–Kier alpha value is -1.26. The molecule has 0 aromatic carbocycles. The van der Waals surface area contributed by atoms with Gasteiger partial charge in [0, 0.05) is 12.6 Å². The van der Waals surface area contributed by atoms with E-state index >= 15 is 0 Å². The van der Waals surface area contributed by atoms with Crippen LogP contribution < -0.4 is 5.32 Å². The number of hydrogen-bond donors (Lipinski definition) is 1. The predicted octanol–water partition coefficient (Wildman–Crippen LogP) is 3.05. The highest BCUT2D eigenvalue weighted by Gasteiger charge is 2.28. The van der Waals surface area contributed by atoms with Gasteiger partial charge in [0.05, 0.1) is 13.1 Å². The van der Waals surface area contributed by atoms with Gasteiger partial charge in [-0.2, -0.15) is 0 Å². The van der Waals surface area contributed by atoms with Crippen molar-refractivity contribution in [2.45, 2.75) is 65.5 Å². The van der Waals surface area contributed by atoms with Gasteiger partial charge < -0.3 is 10.1 Å². The Morgan fingerprint density at radius 2 is 1.86 bits per heavy atom. The van der Waals surface area contributed by atoms with Crippen LogP contribution in [0.5, 0.6) is 0 Å². The van der Waals surface area contributed by atoms with Crippen LogP contribution in [0.4, 0.5) is 4.79 Å². The smallest absolute Gasteiger partial charge is 0.410 e. The van der Waals surface area contributed by atoms with Gasteiger partial charge in [-0.25, -0.2) is 4.79 Å². The Kier molecular flexibility index (Phi) is 5.35. The van der Waals surface area contributed by atoms with E-state index in [0.717, 1.165) is 17.7 Å². The predicted molar refractivity (Wildman–Crippen MR) is 89.2 cm³/mol. The van der Waals surface area contributed by atoms with Gasteiger partial charge in [-0.05, 0) is 51.9 Å². The highest BCUT2D eigenvalue weighted by atomic mass is 16.6. The average molecular weight is 309 g/mol. The molecule has 1 N–H and O–H groups in total. The second kappa shape index (κ2) is 6.88. The van der Waals surface area contributed by atoms with E-state index in [0.29, 0.717) is 25.7 Å². The van der Waals surface area contributed by atoms with Crippen LogP contribution in [0.2, 0.25) is 0 Å². The lowest BCUT2D eigenvalue weighted by Gasteiger charge is -2.35. The van der Waals surface area contributed by atoms with Crippen molar-refractivity contribution >= 4 is 11.9 Å². The van der Waals surface area contributed by atoms with Crippen LogP contribution in [-0.4, -0.2) is 48.1 Å². The van der Waals surface area contributed by atoms with Crippen LogP contribution in [0.25, 0.3) is 0 Å². The molecule has 1 aliphatic carbocycles. The highest BCUT2D eigenvalue weighted by molar-refractivity contribution is 5.88. The summed E-state index contributed by atoms with van der Waals surface area (Å²) < 4.78 is 5.45. The zero-order valence-corrected chi connectivity index (χ0v) is 14.7. The second-order valence-corrected chi connectivity index (χ2v) is 7.99. The van der Waals surface area contributed by atoms with Crippen molar-refractivity contribution in [2.75, 3.05) is 19.6 Å². The van der Waals surface area contributed by atoms with Crippen molar-refractivity contribution in [2.24, 2.45) is 16.8 Å². The zero-order valence-electron chi connectivity index (χ0n) is 14.7. The standard InChI is InChI=1S/C17H31N3O2/c1-12-8-13(2)10-14(9-12)19-15-11-20(7-6-18-15)16(21)22-17(3,4)5/h12-14H,6-11H2,1-5H3,(H,18,19). The minimum atomic E-state index is -0.451. The fraction of sp³-hybridized carbons (Fsp3) is 0.882. The fourth-order valence-electron chi connectivity index (χ4n) is 3.49. The number of nitrogens with zero attached hydrogens (tertiary/aromatic N) is 2. The molecule has 1 aliphatic heterocycles. The molecule has 2 unspecified atom stereocenters. The molecule has 2 rings (SSSR count). The summed E-state index contributed by atoms with van der Waals surface area (Å²) in [5.74, 6) is 2.45. The number of carbonyl (C=O) groups is 1. The summed E-state index contributed by atoms with van der Waals surface area (Å²) in [5, 5.41) is 3.57. The summed E-state index contributed by atoms with van der Waals surface area (Å²) in [6.07, 6.45) is 3.45. The van der Waals surface area contributed by atoms with Gasteiger partial charge in [-0.3, -0.25) is 9.89 Å². The molecular weight excluding hydrogens is 278 g/mol. The number of amidine groups is 1. The maximum Gasteiger partial charge on any atom is 0.410 e. The van der Waals surface area contributed by atoms with Crippen molar-refractivity contribution in [1.29, 1.82) is 0 Å². The Bertz CT molecular complexity index is 418. The van der Waals surface area contributed by atoms with Crippen LogP contribution in [-0.2, 0) is 4.74 Å². The van der Waals surface area contributed by atoms with E-state index in [1.165, 1.54) is 19.3 Å². The average Bonchev–Trinajstić information content (AvgIpc) is 2.35. The molecule has 2 aliphatic rings. The summed E-state index contributed by atoms with van der Waals surface area (Å²) >= 11 is 0. The zero-order chi connectivity index (χ0) is 16.3. The third-order valence-electron chi connectivity index (χ3n) is 4.21. The quantitative estimate of drug-likeness (QED) is 0.810. The van der Waals surface area contributed by atoms with Gasteiger partial charge in [0.2, 0.25) is 0 Å². The molecule has 1 heterocycles. The molecule has 0 spiro atoms. The van der Waals surface area contributed by atoms with E-state index in [1.807, 2.05) is 20.8 Å². The topological polar surface area (TPSA) is 53.9 Å². The number of hydrogen-bond acceptors (Lipinski definition) is 4. The van der Waals surface area contributed by atoms with Gasteiger partial charge >= 0.3 is 6.09 Å². The Labute approximate surface area is 134 Å². The van der Waals surface area contributed by atoms with Crippen molar-refractivity contribution in [1.82, 2.24) is 10.2 Å².